The van der Waals surface area contributed by atoms with E-state index in [1.807, 2.05) is 6.92 Å². The Morgan fingerprint density at radius 3 is 2.42 bits per heavy atom. The van der Waals surface area contributed by atoms with Gasteiger partial charge in [-0.3, -0.25) is 0 Å². The molecule has 6 heteroatoms. The molecule has 0 radical (unpaired) electrons. The minimum absolute atomic E-state index is 0.584. The Hall–Kier alpha value is -0.170. The van der Waals surface area contributed by atoms with Crippen molar-refractivity contribution in [3.8, 4) is 0 Å². The molecule has 0 saturated heterocycles. The lowest BCUT2D eigenvalue weighted by molar-refractivity contribution is 0.346. The van der Waals surface area contributed by atoms with Crippen LogP contribution in [0.5, 0.6) is 0 Å². The second kappa shape index (κ2) is 8.19. The fourth-order valence-electron chi connectivity index (χ4n) is 2.05. The molecular formula is C13H29N3O2S. The fraction of sp³-hybridized carbons (Fsp3) is 1.00. The van der Waals surface area contributed by atoms with Gasteiger partial charge in [-0.05, 0) is 44.7 Å². The Balaban J connectivity index is 2.48. The van der Waals surface area contributed by atoms with Gasteiger partial charge in [0.2, 0.25) is 0 Å². The van der Waals surface area contributed by atoms with Crippen LogP contribution in [0.3, 0.4) is 0 Å². The second-order valence-electron chi connectivity index (χ2n) is 5.34. The molecular weight excluding hydrogens is 262 g/mol. The van der Waals surface area contributed by atoms with Gasteiger partial charge in [0, 0.05) is 26.7 Å². The smallest absolute Gasteiger partial charge is 0.281 e. The van der Waals surface area contributed by atoms with Gasteiger partial charge in [0.15, 0.2) is 0 Å². The highest BCUT2D eigenvalue weighted by atomic mass is 32.2. The van der Waals surface area contributed by atoms with E-state index in [4.69, 9.17) is 0 Å². The normalized spacial score (nSPS) is 16.5. The van der Waals surface area contributed by atoms with Gasteiger partial charge in [0.1, 0.15) is 0 Å². The highest BCUT2D eigenvalue weighted by Crippen LogP contribution is 2.30. The van der Waals surface area contributed by atoms with Crippen molar-refractivity contribution in [2.45, 2.75) is 39.5 Å². The number of nitrogens with one attached hydrogen (secondary N) is 1. The average Bonchev–Trinajstić information content (AvgIpc) is 3.17. The van der Waals surface area contributed by atoms with Crippen LogP contribution in [-0.2, 0) is 10.2 Å². The third-order valence-corrected chi connectivity index (χ3v) is 5.38. The van der Waals surface area contributed by atoms with Gasteiger partial charge < -0.3 is 5.32 Å². The molecule has 1 N–H and O–H groups in total. The quantitative estimate of drug-likeness (QED) is 0.584. The zero-order chi connectivity index (χ0) is 14.3. The van der Waals surface area contributed by atoms with Gasteiger partial charge >= 0.3 is 0 Å². The summed E-state index contributed by atoms with van der Waals surface area (Å²) < 4.78 is 28.1. The van der Waals surface area contributed by atoms with Gasteiger partial charge in [0.25, 0.3) is 10.2 Å². The van der Waals surface area contributed by atoms with E-state index in [1.54, 1.807) is 11.4 Å². The minimum atomic E-state index is -3.27. The van der Waals surface area contributed by atoms with Gasteiger partial charge in [-0.25, -0.2) is 0 Å². The van der Waals surface area contributed by atoms with Crippen molar-refractivity contribution in [1.29, 1.82) is 0 Å². The molecule has 0 unspecified atom stereocenters. The van der Waals surface area contributed by atoms with Crippen LogP contribution >= 0.6 is 0 Å². The molecule has 0 aromatic carbocycles. The van der Waals surface area contributed by atoms with Crippen LogP contribution < -0.4 is 5.32 Å². The molecule has 19 heavy (non-hydrogen) atoms. The molecule has 0 aromatic rings. The molecule has 1 rings (SSSR count). The standard InChI is InChI=1S/C13H29N3O2S/c1-4-10-16(12-13-7-8-13)19(17,18)15(3)11-6-9-14-5-2/h13-14H,4-12H2,1-3H3. The summed E-state index contributed by atoms with van der Waals surface area (Å²) in [6.07, 6.45) is 4.09. The number of nitrogens with zero attached hydrogens (tertiary/aromatic N) is 2. The second-order valence-corrected chi connectivity index (χ2v) is 7.37. The number of hydrogen-bond acceptors (Lipinski definition) is 3. The Kier molecular flexibility index (Phi) is 7.28. The van der Waals surface area contributed by atoms with Crippen LogP contribution in [0.4, 0.5) is 0 Å². The van der Waals surface area contributed by atoms with Crippen LogP contribution in [0.15, 0.2) is 0 Å². The lowest BCUT2D eigenvalue weighted by Crippen LogP contribution is -2.44. The first kappa shape index (κ1) is 16.9. The van der Waals surface area contributed by atoms with E-state index in [0.29, 0.717) is 25.6 Å². The summed E-state index contributed by atoms with van der Waals surface area (Å²) in [5.74, 6) is 0.594. The van der Waals surface area contributed by atoms with Crippen molar-refractivity contribution in [2.75, 3.05) is 39.8 Å². The SMILES string of the molecule is CCCN(CC1CC1)S(=O)(=O)N(C)CCCNCC. The molecule has 1 aliphatic carbocycles. The Bertz CT molecular complexity index is 342. The molecule has 0 spiro atoms. The largest absolute Gasteiger partial charge is 0.317 e. The van der Waals surface area contributed by atoms with Crippen LogP contribution in [0.2, 0.25) is 0 Å². The van der Waals surface area contributed by atoms with E-state index in [-0.39, 0.29) is 0 Å². The van der Waals surface area contributed by atoms with E-state index in [0.717, 1.165) is 25.9 Å². The molecule has 1 saturated carbocycles. The maximum Gasteiger partial charge on any atom is 0.281 e. The zero-order valence-electron chi connectivity index (χ0n) is 12.6. The Labute approximate surface area is 118 Å². The van der Waals surface area contributed by atoms with Gasteiger partial charge in [-0.2, -0.15) is 17.0 Å². The topological polar surface area (TPSA) is 52.7 Å². The highest BCUT2D eigenvalue weighted by molar-refractivity contribution is 7.86. The fourth-order valence-corrected chi connectivity index (χ4v) is 3.62. The van der Waals surface area contributed by atoms with Crippen LogP contribution in [-0.4, -0.2) is 56.8 Å². The first-order valence-electron chi connectivity index (χ1n) is 7.44. The van der Waals surface area contributed by atoms with E-state index in [2.05, 4.69) is 12.2 Å². The summed E-state index contributed by atoms with van der Waals surface area (Å²) in [5, 5.41) is 3.22. The summed E-state index contributed by atoms with van der Waals surface area (Å²) in [5.41, 5.74) is 0. The molecule has 0 bridgehead atoms. The highest BCUT2D eigenvalue weighted by Gasteiger charge is 2.32. The lowest BCUT2D eigenvalue weighted by Gasteiger charge is -2.27. The summed E-state index contributed by atoms with van der Waals surface area (Å²) >= 11 is 0. The maximum absolute atomic E-state index is 12.5. The molecule has 0 heterocycles. The van der Waals surface area contributed by atoms with Crippen LogP contribution in [0, 0.1) is 5.92 Å². The van der Waals surface area contributed by atoms with Crippen LogP contribution in [0.25, 0.3) is 0 Å². The molecule has 1 fully saturated rings. The third kappa shape index (κ3) is 5.77. The number of hydrogen-bond donors (Lipinski definition) is 1. The molecule has 0 aromatic heterocycles. The van der Waals surface area contributed by atoms with Gasteiger partial charge in [0.05, 0.1) is 0 Å². The zero-order valence-corrected chi connectivity index (χ0v) is 13.4. The summed E-state index contributed by atoms with van der Waals surface area (Å²) in [6, 6.07) is 0. The maximum atomic E-state index is 12.5. The Morgan fingerprint density at radius 1 is 1.21 bits per heavy atom. The van der Waals surface area contributed by atoms with Crippen molar-refractivity contribution in [3.05, 3.63) is 0 Å². The molecule has 0 aliphatic heterocycles. The Morgan fingerprint density at radius 2 is 1.89 bits per heavy atom. The predicted octanol–water partition coefficient (Wildman–Crippen LogP) is 1.28. The van der Waals surface area contributed by atoms with E-state index < -0.39 is 10.2 Å². The van der Waals surface area contributed by atoms with Gasteiger partial charge in [-0.1, -0.05) is 13.8 Å². The van der Waals surface area contributed by atoms with E-state index in [1.165, 1.54) is 17.1 Å². The lowest BCUT2D eigenvalue weighted by atomic mass is 10.4. The van der Waals surface area contributed by atoms with Crippen molar-refractivity contribution >= 4 is 10.2 Å². The van der Waals surface area contributed by atoms with Crippen molar-refractivity contribution in [1.82, 2.24) is 13.9 Å². The first-order valence-corrected chi connectivity index (χ1v) is 8.84. The molecule has 5 nitrogen and oxygen atoms in total. The van der Waals surface area contributed by atoms with Gasteiger partial charge in [-0.15, -0.1) is 0 Å². The molecule has 0 amide bonds. The minimum Gasteiger partial charge on any atom is -0.317 e. The first-order chi connectivity index (χ1) is 9.02. The summed E-state index contributed by atoms with van der Waals surface area (Å²) in [7, 11) is -1.58. The van der Waals surface area contributed by atoms with Crippen molar-refractivity contribution in [2.24, 2.45) is 5.92 Å². The third-order valence-electron chi connectivity index (χ3n) is 3.43. The van der Waals surface area contributed by atoms with E-state index >= 15 is 0 Å². The predicted molar refractivity (Wildman–Crippen MR) is 79.3 cm³/mol. The van der Waals surface area contributed by atoms with Crippen molar-refractivity contribution < 1.29 is 8.42 Å². The summed E-state index contributed by atoms with van der Waals surface area (Å²) in [4.78, 5) is 0. The van der Waals surface area contributed by atoms with Crippen molar-refractivity contribution in [3.63, 3.8) is 0 Å². The summed E-state index contributed by atoms with van der Waals surface area (Å²) in [6.45, 7) is 7.80. The average molecular weight is 291 g/mol. The monoisotopic (exact) mass is 291 g/mol. The molecule has 114 valence electrons. The number of rotatable bonds is 11. The van der Waals surface area contributed by atoms with E-state index in [9.17, 15) is 8.42 Å². The van der Waals surface area contributed by atoms with Crippen LogP contribution in [0.1, 0.15) is 39.5 Å². The molecule has 1 aliphatic rings. The molecule has 0 atom stereocenters.